The smallest absolute Gasteiger partial charge is 0.342 e. The second-order valence-electron chi connectivity index (χ2n) is 3.99. The van der Waals surface area contributed by atoms with Crippen LogP contribution in [0.5, 0.6) is 0 Å². The Labute approximate surface area is 113 Å². The zero-order chi connectivity index (χ0) is 14.7. The van der Waals surface area contributed by atoms with Crippen molar-refractivity contribution in [3.8, 4) is 0 Å². The molecule has 2 aromatic carbocycles. The van der Waals surface area contributed by atoms with Gasteiger partial charge in [0.05, 0.1) is 4.92 Å². The maximum atomic E-state index is 12.1. The van der Waals surface area contributed by atoms with E-state index in [0.717, 1.165) is 12.1 Å². The summed E-state index contributed by atoms with van der Waals surface area (Å²) in [6.07, 6.45) is 0. The van der Waals surface area contributed by atoms with Gasteiger partial charge in [-0.1, -0.05) is 30.3 Å². The highest BCUT2D eigenvalue weighted by Crippen LogP contribution is 2.21. The first-order chi connectivity index (χ1) is 9.50. The van der Waals surface area contributed by atoms with Crippen molar-refractivity contribution in [3.05, 3.63) is 75.3 Å². The van der Waals surface area contributed by atoms with Crippen LogP contribution in [0.25, 0.3) is 0 Å². The van der Waals surface area contributed by atoms with Gasteiger partial charge in [-0.3, -0.25) is 14.9 Å². The van der Waals surface area contributed by atoms with Crippen molar-refractivity contribution >= 4 is 17.4 Å². The highest BCUT2D eigenvalue weighted by atomic mass is 16.6. The summed E-state index contributed by atoms with van der Waals surface area (Å²) in [5, 5.41) is 19.7. The molecule has 2 aromatic rings. The van der Waals surface area contributed by atoms with E-state index < -0.39 is 22.1 Å². The molecule has 1 N–H and O–H groups in total. The number of benzene rings is 2. The summed E-state index contributed by atoms with van der Waals surface area (Å²) in [6.45, 7) is 0. The van der Waals surface area contributed by atoms with E-state index >= 15 is 0 Å². The zero-order valence-corrected chi connectivity index (χ0v) is 10.1. The first-order valence-electron chi connectivity index (χ1n) is 5.62. The van der Waals surface area contributed by atoms with E-state index in [-0.39, 0.29) is 11.3 Å². The lowest BCUT2D eigenvalue weighted by Crippen LogP contribution is -2.07. The molecule has 0 aliphatic carbocycles. The van der Waals surface area contributed by atoms with Gasteiger partial charge in [0.15, 0.2) is 5.78 Å². The van der Waals surface area contributed by atoms with Gasteiger partial charge in [0.25, 0.3) is 5.69 Å². The molecule has 100 valence electrons. The normalized spacial score (nSPS) is 10.0. The third-order valence-electron chi connectivity index (χ3n) is 2.72. The number of carbonyl (C=O) groups excluding carboxylic acids is 1. The quantitative estimate of drug-likeness (QED) is 0.523. The van der Waals surface area contributed by atoms with Gasteiger partial charge in [-0.2, -0.15) is 0 Å². The number of hydrogen-bond donors (Lipinski definition) is 1. The van der Waals surface area contributed by atoms with Gasteiger partial charge in [0.1, 0.15) is 5.56 Å². The molecule has 0 saturated carbocycles. The number of carbonyl (C=O) groups is 2. The van der Waals surface area contributed by atoms with Crippen molar-refractivity contribution in [2.24, 2.45) is 0 Å². The molecule has 0 radical (unpaired) electrons. The van der Waals surface area contributed by atoms with Crippen LogP contribution in [0, 0.1) is 10.1 Å². The third kappa shape index (κ3) is 2.54. The summed E-state index contributed by atoms with van der Waals surface area (Å²) >= 11 is 0. The number of nitro groups is 1. The Morgan fingerprint density at radius 2 is 1.65 bits per heavy atom. The summed E-state index contributed by atoms with van der Waals surface area (Å²) in [7, 11) is 0. The van der Waals surface area contributed by atoms with E-state index in [9.17, 15) is 19.7 Å². The van der Waals surface area contributed by atoms with Crippen LogP contribution >= 0.6 is 0 Å². The zero-order valence-electron chi connectivity index (χ0n) is 10.1. The van der Waals surface area contributed by atoms with E-state index in [0.29, 0.717) is 5.56 Å². The van der Waals surface area contributed by atoms with Gasteiger partial charge in [-0.05, 0) is 12.1 Å². The maximum absolute atomic E-state index is 12.1. The van der Waals surface area contributed by atoms with Gasteiger partial charge in [-0.15, -0.1) is 0 Å². The Morgan fingerprint density at radius 1 is 1.00 bits per heavy atom. The number of nitro benzene ring substituents is 1. The molecule has 0 heterocycles. The van der Waals surface area contributed by atoms with Gasteiger partial charge < -0.3 is 5.11 Å². The van der Waals surface area contributed by atoms with Crippen LogP contribution in [0.2, 0.25) is 0 Å². The average molecular weight is 271 g/mol. The van der Waals surface area contributed by atoms with Crippen molar-refractivity contribution in [2.75, 3.05) is 0 Å². The lowest BCUT2D eigenvalue weighted by Gasteiger charge is -2.03. The van der Waals surface area contributed by atoms with E-state index in [1.807, 2.05) is 0 Å². The Hall–Kier alpha value is -3.02. The first kappa shape index (κ1) is 13.4. The Kier molecular flexibility index (Phi) is 3.56. The van der Waals surface area contributed by atoms with Crippen LogP contribution in [0.1, 0.15) is 26.3 Å². The van der Waals surface area contributed by atoms with E-state index in [1.54, 1.807) is 30.3 Å². The minimum atomic E-state index is -1.44. The van der Waals surface area contributed by atoms with E-state index in [1.165, 1.54) is 6.07 Å². The number of carboxylic acids is 1. The van der Waals surface area contributed by atoms with Crippen LogP contribution in [-0.4, -0.2) is 21.8 Å². The Bertz CT molecular complexity index is 694. The van der Waals surface area contributed by atoms with Gasteiger partial charge in [-0.25, -0.2) is 4.79 Å². The molecule has 0 spiro atoms. The standard InChI is InChI=1S/C14H9NO5/c16-13(9-4-2-1-3-5-9)10-6-7-12(15(19)20)11(8-10)14(17)18/h1-8H,(H,17,18). The van der Waals surface area contributed by atoms with Crippen LogP contribution in [-0.2, 0) is 0 Å². The molecule has 2 rings (SSSR count). The monoisotopic (exact) mass is 271 g/mol. The van der Waals surface area contributed by atoms with Crippen LogP contribution in [0.15, 0.2) is 48.5 Å². The largest absolute Gasteiger partial charge is 0.477 e. The van der Waals surface area contributed by atoms with E-state index in [2.05, 4.69) is 0 Å². The summed E-state index contributed by atoms with van der Waals surface area (Å²) in [6, 6.07) is 11.6. The topological polar surface area (TPSA) is 97.5 Å². The molecule has 6 nitrogen and oxygen atoms in total. The molecule has 0 aromatic heterocycles. The van der Waals surface area contributed by atoms with Crippen LogP contribution in [0.4, 0.5) is 5.69 Å². The van der Waals surface area contributed by atoms with Crippen molar-refractivity contribution in [2.45, 2.75) is 0 Å². The minimum Gasteiger partial charge on any atom is -0.477 e. The second kappa shape index (κ2) is 5.31. The molecule has 0 atom stereocenters. The second-order valence-corrected chi connectivity index (χ2v) is 3.99. The summed E-state index contributed by atoms with van der Waals surface area (Å²) in [5.41, 5.74) is -0.559. The summed E-state index contributed by atoms with van der Waals surface area (Å²) < 4.78 is 0. The molecule has 0 aliphatic rings. The minimum absolute atomic E-state index is 0.0965. The molecular formula is C14H9NO5. The highest BCUT2D eigenvalue weighted by Gasteiger charge is 2.22. The Balaban J connectivity index is 2.49. The number of carboxylic acid groups (broad SMARTS) is 1. The highest BCUT2D eigenvalue weighted by molar-refractivity contribution is 6.10. The lowest BCUT2D eigenvalue weighted by atomic mass is 10.0. The number of ketones is 1. The van der Waals surface area contributed by atoms with Gasteiger partial charge >= 0.3 is 5.97 Å². The van der Waals surface area contributed by atoms with Gasteiger partial charge in [0.2, 0.25) is 0 Å². The Morgan fingerprint density at radius 3 is 2.20 bits per heavy atom. The number of aromatic carboxylic acids is 1. The number of nitrogens with zero attached hydrogens (tertiary/aromatic N) is 1. The fourth-order valence-electron chi connectivity index (χ4n) is 1.76. The molecule has 20 heavy (non-hydrogen) atoms. The molecule has 6 heteroatoms. The van der Waals surface area contributed by atoms with Gasteiger partial charge in [0, 0.05) is 17.2 Å². The fourth-order valence-corrected chi connectivity index (χ4v) is 1.76. The number of rotatable bonds is 4. The van der Waals surface area contributed by atoms with Crippen molar-refractivity contribution in [1.29, 1.82) is 0 Å². The third-order valence-corrected chi connectivity index (χ3v) is 2.72. The fraction of sp³-hybridized carbons (Fsp3) is 0. The maximum Gasteiger partial charge on any atom is 0.342 e. The molecule has 0 aliphatic heterocycles. The molecule has 0 saturated heterocycles. The number of hydrogen-bond acceptors (Lipinski definition) is 4. The van der Waals surface area contributed by atoms with Crippen molar-refractivity contribution in [1.82, 2.24) is 0 Å². The molecule has 0 fully saturated rings. The predicted octanol–water partition coefficient (Wildman–Crippen LogP) is 2.52. The van der Waals surface area contributed by atoms with Crippen LogP contribution in [0.3, 0.4) is 0 Å². The van der Waals surface area contributed by atoms with Crippen molar-refractivity contribution < 1.29 is 19.6 Å². The summed E-state index contributed by atoms with van der Waals surface area (Å²) in [5.74, 6) is -1.83. The SMILES string of the molecule is O=C(c1ccccc1)c1ccc([N+](=O)[O-])c(C(=O)O)c1. The molecule has 0 amide bonds. The summed E-state index contributed by atoms with van der Waals surface area (Å²) in [4.78, 5) is 33.1. The lowest BCUT2D eigenvalue weighted by molar-refractivity contribution is -0.385. The van der Waals surface area contributed by atoms with E-state index in [4.69, 9.17) is 5.11 Å². The predicted molar refractivity (Wildman–Crippen MR) is 69.9 cm³/mol. The molecule has 0 bridgehead atoms. The average Bonchev–Trinajstić information content (AvgIpc) is 2.46. The van der Waals surface area contributed by atoms with Crippen LogP contribution < -0.4 is 0 Å². The molecule has 0 unspecified atom stereocenters. The first-order valence-corrected chi connectivity index (χ1v) is 5.62. The molecular weight excluding hydrogens is 262 g/mol. The van der Waals surface area contributed by atoms with Crippen molar-refractivity contribution in [3.63, 3.8) is 0 Å².